The summed E-state index contributed by atoms with van der Waals surface area (Å²) in [7, 11) is 0. The second-order valence-corrected chi connectivity index (χ2v) is 3.95. The van der Waals surface area contributed by atoms with Gasteiger partial charge < -0.3 is 4.74 Å². The zero-order valence-corrected chi connectivity index (χ0v) is 10.3. The summed E-state index contributed by atoms with van der Waals surface area (Å²) in [4.78, 5) is 0. The first-order chi connectivity index (χ1) is 6.77. The lowest BCUT2D eigenvalue weighted by atomic mass is 10.1. The van der Waals surface area contributed by atoms with Crippen LogP contribution in [-0.2, 0) is 4.74 Å². The Bertz CT molecular complexity index is 260. The monoisotopic (exact) mass is 308 g/mol. The first kappa shape index (κ1) is 11.9. The van der Waals surface area contributed by atoms with E-state index in [1.165, 1.54) is 12.1 Å². The van der Waals surface area contributed by atoms with Gasteiger partial charge in [0, 0.05) is 11.0 Å². The third-order valence-electron chi connectivity index (χ3n) is 1.91. The second-order valence-electron chi connectivity index (χ2n) is 3.07. The molecule has 3 heteroatoms. The van der Waals surface area contributed by atoms with Crippen molar-refractivity contribution in [1.82, 2.24) is 0 Å². The van der Waals surface area contributed by atoms with E-state index in [9.17, 15) is 4.39 Å². The summed E-state index contributed by atoms with van der Waals surface area (Å²) in [6, 6.07) is 6.52. The molecule has 0 aliphatic rings. The van der Waals surface area contributed by atoms with Crippen molar-refractivity contribution in [3.05, 3.63) is 35.6 Å². The van der Waals surface area contributed by atoms with Crippen LogP contribution in [0.2, 0.25) is 0 Å². The Morgan fingerprint density at radius 3 is 2.50 bits per heavy atom. The van der Waals surface area contributed by atoms with Crippen LogP contribution in [0.25, 0.3) is 0 Å². The molecule has 0 amide bonds. The molecule has 0 fully saturated rings. The number of hydrogen-bond acceptors (Lipinski definition) is 1. The Balaban J connectivity index is 2.64. The Morgan fingerprint density at radius 2 is 2.00 bits per heavy atom. The van der Waals surface area contributed by atoms with E-state index in [-0.39, 0.29) is 11.9 Å². The standard InChI is InChI=1S/C11H14FIO/c1-2-7-14-11(8-13)9-3-5-10(12)6-4-9/h3-6,11H,2,7-8H2,1H3. The van der Waals surface area contributed by atoms with Crippen LogP contribution in [0.15, 0.2) is 24.3 Å². The van der Waals surface area contributed by atoms with Crippen LogP contribution in [0.4, 0.5) is 4.39 Å². The number of rotatable bonds is 5. The van der Waals surface area contributed by atoms with Gasteiger partial charge in [-0.25, -0.2) is 4.39 Å². The SMILES string of the molecule is CCCOC(CI)c1ccc(F)cc1. The molecule has 14 heavy (non-hydrogen) atoms. The topological polar surface area (TPSA) is 9.23 Å². The van der Waals surface area contributed by atoms with Gasteiger partial charge in [0.1, 0.15) is 5.82 Å². The maximum Gasteiger partial charge on any atom is 0.123 e. The van der Waals surface area contributed by atoms with Crippen LogP contribution in [0.1, 0.15) is 25.0 Å². The van der Waals surface area contributed by atoms with Crippen molar-refractivity contribution in [1.29, 1.82) is 0 Å². The molecule has 0 bridgehead atoms. The summed E-state index contributed by atoms with van der Waals surface area (Å²) in [6.45, 7) is 2.83. The minimum Gasteiger partial charge on any atom is -0.373 e. The molecule has 0 N–H and O–H groups in total. The van der Waals surface area contributed by atoms with Crippen molar-refractivity contribution >= 4 is 22.6 Å². The zero-order chi connectivity index (χ0) is 10.4. The second kappa shape index (κ2) is 6.35. The van der Waals surface area contributed by atoms with Gasteiger partial charge in [-0.2, -0.15) is 0 Å². The maximum absolute atomic E-state index is 12.7. The summed E-state index contributed by atoms with van der Waals surface area (Å²) in [5, 5.41) is 0. The zero-order valence-electron chi connectivity index (χ0n) is 8.17. The predicted molar refractivity (Wildman–Crippen MR) is 64.3 cm³/mol. The van der Waals surface area contributed by atoms with Crippen LogP contribution >= 0.6 is 22.6 Å². The summed E-state index contributed by atoms with van der Waals surface area (Å²) in [5.74, 6) is -0.198. The maximum atomic E-state index is 12.7. The highest BCUT2D eigenvalue weighted by Gasteiger charge is 2.09. The van der Waals surface area contributed by atoms with Gasteiger partial charge in [-0.15, -0.1) is 0 Å². The van der Waals surface area contributed by atoms with Crippen LogP contribution in [-0.4, -0.2) is 11.0 Å². The quantitative estimate of drug-likeness (QED) is 0.595. The van der Waals surface area contributed by atoms with Crippen molar-refractivity contribution < 1.29 is 9.13 Å². The third kappa shape index (κ3) is 3.53. The Morgan fingerprint density at radius 1 is 1.36 bits per heavy atom. The number of ether oxygens (including phenoxy) is 1. The Hall–Kier alpha value is -0.160. The van der Waals surface area contributed by atoms with Crippen LogP contribution in [0, 0.1) is 5.82 Å². The number of halogens is 2. The minimum atomic E-state index is -0.198. The molecule has 0 aliphatic carbocycles. The lowest BCUT2D eigenvalue weighted by molar-refractivity contribution is 0.0715. The van der Waals surface area contributed by atoms with Crippen LogP contribution in [0.3, 0.4) is 0 Å². The van der Waals surface area contributed by atoms with E-state index in [0.29, 0.717) is 0 Å². The van der Waals surface area contributed by atoms with Crippen LogP contribution < -0.4 is 0 Å². The molecule has 1 aromatic rings. The van der Waals surface area contributed by atoms with Gasteiger partial charge in [0.2, 0.25) is 0 Å². The highest BCUT2D eigenvalue weighted by atomic mass is 127. The number of alkyl halides is 1. The van der Waals surface area contributed by atoms with Crippen molar-refractivity contribution in [3.63, 3.8) is 0 Å². The molecular weight excluding hydrogens is 294 g/mol. The van der Waals surface area contributed by atoms with E-state index in [4.69, 9.17) is 4.74 Å². The average Bonchev–Trinajstić information content (AvgIpc) is 2.21. The molecular formula is C11H14FIO. The van der Waals surface area contributed by atoms with Gasteiger partial charge in [-0.05, 0) is 24.1 Å². The van der Waals surface area contributed by atoms with Crippen molar-refractivity contribution in [2.24, 2.45) is 0 Å². The van der Waals surface area contributed by atoms with Crippen molar-refractivity contribution in [3.8, 4) is 0 Å². The third-order valence-corrected chi connectivity index (χ3v) is 2.71. The summed E-state index contributed by atoms with van der Waals surface area (Å²) >= 11 is 2.28. The Kier molecular flexibility index (Phi) is 5.40. The van der Waals surface area contributed by atoms with E-state index in [1.54, 1.807) is 12.1 Å². The van der Waals surface area contributed by atoms with Crippen LogP contribution in [0.5, 0.6) is 0 Å². The minimum absolute atomic E-state index is 0.0937. The molecule has 1 unspecified atom stereocenters. The highest BCUT2D eigenvalue weighted by Crippen LogP contribution is 2.20. The summed E-state index contributed by atoms with van der Waals surface area (Å²) in [6.07, 6.45) is 1.10. The fourth-order valence-corrected chi connectivity index (χ4v) is 1.93. The number of benzene rings is 1. The molecule has 0 saturated heterocycles. The fraction of sp³-hybridized carbons (Fsp3) is 0.455. The van der Waals surface area contributed by atoms with Gasteiger partial charge in [-0.1, -0.05) is 41.6 Å². The van der Waals surface area contributed by atoms with Gasteiger partial charge >= 0.3 is 0 Å². The smallest absolute Gasteiger partial charge is 0.123 e. The Labute approximate surface area is 97.8 Å². The predicted octanol–water partition coefficient (Wildman–Crippen LogP) is 3.73. The molecule has 0 aliphatic heterocycles. The molecule has 0 aromatic heterocycles. The lowest BCUT2D eigenvalue weighted by Crippen LogP contribution is -2.06. The van der Waals surface area contributed by atoms with Gasteiger partial charge in [0.05, 0.1) is 6.10 Å². The van der Waals surface area contributed by atoms with E-state index < -0.39 is 0 Å². The normalized spacial score (nSPS) is 12.8. The molecule has 0 saturated carbocycles. The molecule has 1 atom stereocenters. The van der Waals surface area contributed by atoms with E-state index in [0.717, 1.165) is 23.0 Å². The lowest BCUT2D eigenvalue weighted by Gasteiger charge is -2.15. The molecule has 1 rings (SSSR count). The van der Waals surface area contributed by atoms with Gasteiger partial charge in [0.15, 0.2) is 0 Å². The van der Waals surface area contributed by atoms with Crippen molar-refractivity contribution in [2.45, 2.75) is 19.4 Å². The highest BCUT2D eigenvalue weighted by molar-refractivity contribution is 14.1. The largest absolute Gasteiger partial charge is 0.373 e. The van der Waals surface area contributed by atoms with E-state index >= 15 is 0 Å². The molecule has 78 valence electrons. The molecule has 1 nitrogen and oxygen atoms in total. The van der Waals surface area contributed by atoms with Gasteiger partial charge in [-0.3, -0.25) is 0 Å². The molecule has 0 radical (unpaired) electrons. The average molecular weight is 308 g/mol. The molecule has 0 heterocycles. The van der Waals surface area contributed by atoms with Crippen molar-refractivity contribution in [2.75, 3.05) is 11.0 Å². The fourth-order valence-electron chi connectivity index (χ4n) is 1.17. The van der Waals surface area contributed by atoms with Gasteiger partial charge in [0.25, 0.3) is 0 Å². The molecule has 0 spiro atoms. The summed E-state index contributed by atoms with van der Waals surface area (Å²) < 4.78 is 19.2. The number of hydrogen-bond donors (Lipinski definition) is 0. The first-order valence-corrected chi connectivity index (χ1v) is 6.23. The van der Waals surface area contributed by atoms with E-state index in [2.05, 4.69) is 29.5 Å². The summed E-state index contributed by atoms with van der Waals surface area (Å²) in [5.41, 5.74) is 1.05. The first-order valence-electron chi connectivity index (χ1n) is 4.71. The molecule has 1 aromatic carbocycles. The van der Waals surface area contributed by atoms with E-state index in [1.807, 2.05) is 0 Å².